The molecule has 114 valence electrons. The van der Waals surface area contributed by atoms with E-state index in [1.165, 1.54) is 10.4 Å². The maximum Gasteiger partial charge on any atom is 0.243 e. The number of primary amides is 1. The number of carbonyl (C=O) groups is 1. The lowest BCUT2D eigenvalue weighted by atomic mass is 9.89. The Morgan fingerprint density at radius 3 is 2.48 bits per heavy atom. The highest BCUT2D eigenvalue weighted by atomic mass is 32.2. The first-order chi connectivity index (χ1) is 9.68. The Hall–Kier alpha value is -1.51. The van der Waals surface area contributed by atoms with Crippen LogP contribution in [0.25, 0.3) is 0 Å². The summed E-state index contributed by atoms with van der Waals surface area (Å²) < 4.78 is 26.7. The van der Waals surface area contributed by atoms with Crippen molar-refractivity contribution in [3.05, 3.63) is 29.8 Å². The van der Waals surface area contributed by atoms with Gasteiger partial charge in [0.2, 0.25) is 15.9 Å². The number of sulfonamides is 1. The molecule has 1 aliphatic heterocycles. The fraction of sp³-hybridized carbons (Fsp3) is 0.385. The number of thiocarbonyl (C=S) groups is 1. The average molecular weight is 327 g/mol. The molecule has 1 aromatic rings. The molecule has 1 heterocycles. The van der Waals surface area contributed by atoms with Crippen LogP contribution in [0.3, 0.4) is 0 Å². The van der Waals surface area contributed by atoms with Crippen molar-refractivity contribution in [2.45, 2.75) is 18.2 Å². The van der Waals surface area contributed by atoms with Gasteiger partial charge in [0.05, 0.1) is 10.3 Å². The fourth-order valence-electron chi connectivity index (χ4n) is 2.36. The molecule has 6 nitrogen and oxygen atoms in total. The molecule has 8 heteroatoms. The van der Waals surface area contributed by atoms with E-state index in [0.717, 1.165) is 0 Å². The SMILES string of the molecule is CC1(C(N)=O)CCN(S(=O)(=O)c2ccccc2C(N)=S)C1. The van der Waals surface area contributed by atoms with Crippen LogP contribution in [0, 0.1) is 5.41 Å². The molecule has 1 fully saturated rings. The minimum absolute atomic E-state index is 0.0195. The maximum atomic E-state index is 12.7. The summed E-state index contributed by atoms with van der Waals surface area (Å²) in [5, 5.41) is 0. The summed E-state index contributed by atoms with van der Waals surface area (Å²) in [5.74, 6) is -0.497. The first-order valence-electron chi connectivity index (χ1n) is 6.37. The minimum Gasteiger partial charge on any atom is -0.389 e. The number of hydrogen-bond donors (Lipinski definition) is 2. The van der Waals surface area contributed by atoms with Gasteiger partial charge in [-0.05, 0) is 19.4 Å². The zero-order chi connectivity index (χ0) is 15.8. The number of nitrogens with zero attached hydrogens (tertiary/aromatic N) is 1. The molecule has 1 aliphatic rings. The number of carbonyl (C=O) groups excluding carboxylic acids is 1. The molecule has 4 N–H and O–H groups in total. The molecular weight excluding hydrogens is 310 g/mol. The van der Waals surface area contributed by atoms with Crippen LogP contribution in [0.5, 0.6) is 0 Å². The number of amides is 1. The molecule has 2 rings (SSSR count). The first kappa shape index (κ1) is 15.9. The van der Waals surface area contributed by atoms with Crippen LogP contribution in [-0.4, -0.2) is 36.7 Å². The van der Waals surface area contributed by atoms with Gasteiger partial charge in [0.15, 0.2) is 0 Å². The zero-order valence-corrected chi connectivity index (χ0v) is 13.2. The third kappa shape index (κ3) is 2.78. The van der Waals surface area contributed by atoms with Crippen LogP contribution in [0.1, 0.15) is 18.9 Å². The second kappa shape index (κ2) is 5.36. The summed E-state index contributed by atoms with van der Waals surface area (Å²) >= 11 is 4.90. The summed E-state index contributed by atoms with van der Waals surface area (Å²) in [6.45, 7) is 1.98. The van der Waals surface area contributed by atoms with Crippen LogP contribution in [0.15, 0.2) is 29.2 Å². The molecule has 1 atom stereocenters. The van der Waals surface area contributed by atoms with Crippen molar-refractivity contribution in [3.63, 3.8) is 0 Å². The highest BCUT2D eigenvalue weighted by molar-refractivity contribution is 7.89. The summed E-state index contributed by atoms with van der Waals surface area (Å²) in [4.78, 5) is 11.5. The van der Waals surface area contributed by atoms with Gasteiger partial charge in [-0.25, -0.2) is 8.42 Å². The standard InChI is InChI=1S/C13H17N3O3S2/c1-13(12(15)17)6-7-16(8-13)21(18,19)10-5-3-2-4-9(10)11(14)20/h2-5H,6-8H2,1H3,(H2,14,20)(H2,15,17). The molecule has 1 aromatic carbocycles. The van der Waals surface area contributed by atoms with Gasteiger partial charge in [-0.2, -0.15) is 4.31 Å². The molecule has 0 saturated carbocycles. The Bertz CT molecular complexity index is 702. The average Bonchev–Trinajstić information content (AvgIpc) is 2.83. The monoisotopic (exact) mass is 327 g/mol. The van der Waals surface area contributed by atoms with E-state index in [1.807, 2.05) is 0 Å². The molecule has 1 unspecified atom stereocenters. The summed E-state index contributed by atoms with van der Waals surface area (Å²) in [6.07, 6.45) is 0.400. The van der Waals surface area contributed by atoms with E-state index in [-0.39, 0.29) is 23.0 Å². The number of hydrogen-bond acceptors (Lipinski definition) is 4. The molecule has 0 aliphatic carbocycles. The highest BCUT2D eigenvalue weighted by Gasteiger charge is 2.44. The highest BCUT2D eigenvalue weighted by Crippen LogP contribution is 2.33. The molecule has 1 amide bonds. The van der Waals surface area contributed by atoms with Crippen LogP contribution < -0.4 is 11.5 Å². The van der Waals surface area contributed by atoms with Gasteiger partial charge in [-0.15, -0.1) is 0 Å². The van der Waals surface area contributed by atoms with Gasteiger partial charge in [-0.1, -0.05) is 30.4 Å². The molecule has 0 radical (unpaired) electrons. The van der Waals surface area contributed by atoms with Crippen molar-refractivity contribution >= 4 is 33.1 Å². The van der Waals surface area contributed by atoms with Crippen molar-refractivity contribution in [1.29, 1.82) is 0 Å². The predicted octanol–water partition coefficient (Wildman–Crippen LogP) is 0.207. The number of rotatable bonds is 4. The lowest BCUT2D eigenvalue weighted by Crippen LogP contribution is -2.39. The van der Waals surface area contributed by atoms with Crippen molar-refractivity contribution in [3.8, 4) is 0 Å². The second-order valence-electron chi connectivity index (χ2n) is 5.37. The van der Waals surface area contributed by atoms with E-state index in [0.29, 0.717) is 12.0 Å². The Kier molecular flexibility index (Phi) is 4.05. The lowest BCUT2D eigenvalue weighted by Gasteiger charge is -2.21. The van der Waals surface area contributed by atoms with Crippen LogP contribution >= 0.6 is 12.2 Å². The van der Waals surface area contributed by atoms with Crippen molar-refractivity contribution < 1.29 is 13.2 Å². The van der Waals surface area contributed by atoms with E-state index < -0.39 is 21.3 Å². The topological polar surface area (TPSA) is 106 Å². The van der Waals surface area contributed by atoms with Gasteiger partial charge in [0.25, 0.3) is 0 Å². The number of nitrogens with two attached hydrogens (primary N) is 2. The van der Waals surface area contributed by atoms with E-state index in [4.69, 9.17) is 23.7 Å². The zero-order valence-electron chi connectivity index (χ0n) is 11.6. The van der Waals surface area contributed by atoms with Crippen LogP contribution in [0.4, 0.5) is 0 Å². The summed E-state index contributed by atoms with van der Waals surface area (Å²) in [6, 6.07) is 6.31. The fourth-order valence-corrected chi connectivity index (χ4v) is 4.37. The first-order valence-corrected chi connectivity index (χ1v) is 8.22. The molecule has 0 bridgehead atoms. The van der Waals surface area contributed by atoms with Gasteiger partial charge < -0.3 is 11.5 Å². The normalized spacial score (nSPS) is 23.1. The minimum atomic E-state index is -3.76. The molecule has 21 heavy (non-hydrogen) atoms. The van der Waals surface area contributed by atoms with E-state index >= 15 is 0 Å². The quantitative estimate of drug-likeness (QED) is 0.769. The third-order valence-corrected chi connectivity index (χ3v) is 5.93. The molecule has 1 saturated heterocycles. The Morgan fingerprint density at radius 1 is 1.33 bits per heavy atom. The van der Waals surface area contributed by atoms with Gasteiger partial charge >= 0.3 is 0 Å². The summed E-state index contributed by atoms with van der Waals surface area (Å²) in [7, 11) is -3.76. The van der Waals surface area contributed by atoms with E-state index in [2.05, 4.69) is 0 Å². The van der Waals surface area contributed by atoms with Crippen molar-refractivity contribution in [1.82, 2.24) is 4.31 Å². The summed E-state index contributed by atoms with van der Waals surface area (Å²) in [5.41, 5.74) is 10.4. The van der Waals surface area contributed by atoms with E-state index in [9.17, 15) is 13.2 Å². The lowest BCUT2D eigenvalue weighted by molar-refractivity contribution is -0.126. The largest absolute Gasteiger partial charge is 0.389 e. The maximum absolute atomic E-state index is 12.7. The second-order valence-corrected chi connectivity index (χ2v) is 7.72. The molecular formula is C13H17N3O3S2. The Morgan fingerprint density at radius 2 is 1.95 bits per heavy atom. The number of benzene rings is 1. The Labute approximate surface area is 129 Å². The van der Waals surface area contributed by atoms with Gasteiger partial charge in [0, 0.05) is 18.7 Å². The van der Waals surface area contributed by atoms with Crippen molar-refractivity contribution in [2.24, 2.45) is 16.9 Å². The smallest absolute Gasteiger partial charge is 0.243 e. The third-order valence-electron chi connectivity index (χ3n) is 3.80. The Balaban J connectivity index is 2.41. The van der Waals surface area contributed by atoms with Crippen LogP contribution in [0.2, 0.25) is 0 Å². The molecule has 0 aromatic heterocycles. The predicted molar refractivity (Wildman–Crippen MR) is 83.0 cm³/mol. The van der Waals surface area contributed by atoms with E-state index in [1.54, 1.807) is 25.1 Å². The molecule has 0 spiro atoms. The van der Waals surface area contributed by atoms with Crippen LogP contribution in [-0.2, 0) is 14.8 Å². The van der Waals surface area contributed by atoms with Gasteiger partial charge in [-0.3, -0.25) is 4.79 Å². The van der Waals surface area contributed by atoms with Crippen molar-refractivity contribution in [2.75, 3.05) is 13.1 Å². The van der Waals surface area contributed by atoms with Gasteiger partial charge in [0.1, 0.15) is 4.99 Å².